The number of nitrogen functional groups attached to an aromatic ring is 1. The molecule has 0 unspecified atom stereocenters. The van der Waals surface area contributed by atoms with Crippen molar-refractivity contribution < 1.29 is 4.79 Å². The summed E-state index contributed by atoms with van der Waals surface area (Å²) in [6, 6.07) is 7.61. The van der Waals surface area contributed by atoms with Gasteiger partial charge < -0.3 is 11.1 Å². The first kappa shape index (κ1) is 11.9. The number of hydrogen-bond donors (Lipinski definition) is 2. The van der Waals surface area contributed by atoms with E-state index in [2.05, 4.69) is 10.3 Å². The molecule has 0 bridgehead atoms. The fourth-order valence-corrected chi connectivity index (χ4v) is 2.33. The van der Waals surface area contributed by atoms with E-state index in [1.807, 2.05) is 18.2 Å². The highest BCUT2D eigenvalue weighted by molar-refractivity contribution is 5.98. The van der Waals surface area contributed by atoms with Crippen LogP contribution in [0.4, 0.5) is 5.69 Å². The van der Waals surface area contributed by atoms with Crippen LogP contribution in [0.5, 0.6) is 0 Å². The smallest absolute Gasteiger partial charge is 0.167 e. The van der Waals surface area contributed by atoms with Crippen molar-refractivity contribution in [1.29, 1.82) is 0 Å². The molecular weight excluding hydrogens is 238 g/mol. The number of carbonyl (C=O) groups excluding carboxylic acids is 1. The molecule has 0 fully saturated rings. The third-order valence-corrected chi connectivity index (χ3v) is 3.45. The van der Waals surface area contributed by atoms with E-state index >= 15 is 0 Å². The summed E-state index contributed by atoms with van der Waals surface area (Å²) < 4.78 is 0. The van der Waals surface area contributed by atoms with Crippen molar-refractivity contribution in [1.82, 2.24) is 10.3 Å². The van der Waals surface area contributed by atoms with E-state index in [1.165, 1.54) is 11.1 Å². The summed E-state index contributed by atoms with van der Waals surface area (Å²) >= 11 is 0. The SMILES string of the molecule is Nc1ccncc1CC(=O)c1ccc2c(c1)CNC2. The lowest BCUT2D eigenvalue weighted by atomic mass is 9.99. The Morgan fingerprint density at radius 2 is 2.11 bits per heavy atom. The number of nitrogens with zero attached hydrogens (tertiary/aromatic N) is 1. The minimum absolute atomic E-state index is 0.0781. The summed E-state index contributed by atoms with van der Waals surface area (Å²) in [5.74, 6) is 0.0781. The quantitative estimate of drug-likeness (QED) is 0.817. The van der Waals surface area contributed by atoms with Crippen molar-refractivity contribution in [3.8, 4) is 0 Å². The topological polar surface area (TPSA) is 68.0 Å². The number of pyridine rings is 1. The van der Waals surface area contributed by atoms with Crippen molar-refractivity contribution in [2.75, 3.05) is 5.73 Å². The van der Waals surface area contributed by atoms with Crippen LogP contribution in [0, 0.1) is 0 Å². The Balaban J connectivity index is 1.83. The van der Waals surface area contributed by atoms with Gasteiger partial charge >= 0.3 is 0 Å². The molecule has 96 valence electrons. The molecule has 4 nitrogen and oxygen atoms in total. The first-order valence-corrected chi connectivity index (χ1v) is 6.28. The second kappa shape index (κ2) is 4.82. The van der Waals surface area contributed by atoms with Gasteiger partial charge in [-0.2, -0.15) is 0 Å². The number of fused-ring (bicyclic) bond motifs is 1. The molecule has 3 rings (SSSR count). The van der Waals surface area contributed by atoms with Crippen LogP contribution in [-0.2, 0) is 19.5 Å². The van der Waals surface area contributed by atoms with E-state index in [1.54, 1.807) is 18.5 Å². The number of nitrogens with two attached hydrogens (primary N) is 1. The van der Waals surface area contributed by atoms with Gasteiger partial charge in [-0.25, -0.2) is 0 Å². The zero-order chi connectivity index (χ0) is 13.2. The highest BCUT2D eigenvalue weighted by Crippen LogP contribution is 2.19. The van der Waals surface area contributed by atoms with Crippen molar-refractivity contribution in [3.63, 3.8) is 0 Å². The lowest BCUT2D eigenvalue weighted by Gasteiger charge is -2.06. The Labute approximate surface area is 111 Å². The predicted octanol–water partition coefficient (Wildman–Crippen LogP) is 1.69. The molecule has 1 aliphatic heterocycles. The number of benzene rings is 1. The summed E-state index contributed by atoms with van der Waals surface area (Å²) in [7, 11) is 0. The van der Waals surface area contributed by atoms with Crippen LogP contribution in [0.15, 0.2) is 36.7 Å². The van der Waals surface area contributed by atoms with E-state index < -0.39 is 0 Å². The molecule has 0 atom stereocenters. The van der Waals surface area contributed by atoms with E-state index in [0.717, 1.165) is 24.2 Å². The maximum Gasteiger partial charge on any atom is 0.167 e. The van der Waals surface area contributed by atoms with E-state index in [9.17, 15) is 4.79 Å². The number of hydrogen-bond acceptors (Lipinski definition) is 4. The summed E-state index contributed by atoms with van der Waals surface area (Å²) in [4.78, 5) is 16.3. The van der Waals surface area contributed by atoms with Gasteiger partial charge in [-0.3, -0.25) is 9.78 Å². The normalized spacial score (nSPS) is 13.3. The summed E-state index contributed by atoms with van der Waals surface area (Å²) in [5, 5.41) is 3.27. The third kappa shape index (κ3) is 2.35. The molecule has 0 saturated carbocycles. The molecule has 0 spiro atoms. The van der Waals surface area contributed by atoms with Crippen LogP contribution in [-0.4, -0.2) is 10.8 Å². The van der Waals surface area contributed by atoms with Gasteiger partial charge in [-0.05, 0) is 23.3 Å². The van der Waals surface area contributed by atoms with Crippen LogP contribution in [0.25, 0.3) is 0 Å². The second-order valence-corrected chi connectivity index (χ2v) is 4.76. The fourth-order valence-electron chi connectivity index (χ4n) is 2.33. The van der Waals surface area contributed by atoms with Gasteiger partial charge in [-0.1, -0.05) is 12.1 Å². The van der Waals surface area contributed by atoms with Gasteiger partial charge in [-0.15, -0.1) is 0 Å². The molecule has 0 radical (unpaired) electrons. The van der Waals surface area contributed by atoms with Gasteiger partial charge in [0.15, 0.2) is 5.78 Å². The average Bonchev–Trinajstić information content (AvgIpc) is 2.88. The van der Waals surface area contributed by atoms with Crippen LogP contribution in [0.3, 0.4) is 0 Å². The van der Waals surface area contributed by atoms with Crippen LogP contribution in [0.1, 0.15) is 27.0 Å². The highest BCUT2D eigenvalue weighted by Gasteiger charge is 2.14. The Morgan fingerprint density at radius 3 is 2.95 bits per heavy atom. The molecule has 0 saturated heterocycles. The number of Topliss-reactive ketones (excluding diaryl/α,β-unsaturated/α-hetero) is 1. The Bertz CT molecular complexity index is 637. The van der Waals surface area contributed by atoms with Crippen LogP contribution < -0.4 is 11.1 Å². The lowest BCUT2D eigenvalue weighted by Crippen LogP contribution is -2.07. The van der Waals surface area contributed by atoms with Gasteiger partial charge in [0, 0.05) is 48.7 Å². The third-order valence-electron chi connectivity index (χ3n) is 3.45. The number of rotatable bonds is 3. The molecule has 1 aliphatic rings. The van der Waals surface area contributed by atoms with E-state index in [4.69, 9.17) is 5.73 Å². The molecule has 1 aromatic carbocycles. The Kier molecular flexibility index (Phi) is 3.01. The number of carbonyl (C=O) groups is 1. The molecule has 0 aliphatic carbocycles. The predicted molar refractivity (Wildman–Crippen MR) is 73.7 cm³/mol. The minimum Gasteiger partial charge on any atom is -0.398 e. The maximum absolute atomic E-state index is 12.3. The number of ketones is 1. The summed E-state index contributed by atoms with van der Waals surface area (Å²) in [6.07, 6.45) is 3.58. The summed E-state index contributed by atoms with van der Waals surface area (Å²) in [6.45, 7) is 1.73. The lowest BCUT2D eigenvalue weighted by molar-refractivity contribution is 0.0993. The van der Waals surface area contributed by atoms with Crippen LogP contribution >= 0.6 is 0 Å². The Morgan fingerprint density at radius 1 is 1.26 bits per heavy atom. The highest BCUT2D eigenvalue weighted by atomic mass is 16.1. The van der Waals surface area contributed by atoms with Gasteiger partial charge in [0.2, 0.25) is 0 Å². The monoisotopic (exact) mass is 253 g/mol. The number of nitrogens with one attached hydrogen (secondary N) is 1. The van der Waals surface area contributed by atoms with Gasteiger partial charge in [0.1, 0.15) is 0 Å². The van der Waals surface area contributed by atoms with Gasteiger partial charge in [0.25, 0.3) is 0 Å². The van der Waals surface area contributed by atoms with Crippen molar-refractivity contribution in [2.24, 2.45) is 0 Å². The number of anilines is 1. The first-order chi connectivity index (χ1) is 9.24. The molecule has 19 heavy (non-hydrogen) atoms. The second-order valence-electron chi connectivity index (χ2n) is 4.76. The van der Waals surface area contributed by atoms with Crippen molar-refractivity contribution in [3.05, 3.63) is 58.9 Å². The van der Waals surface area contributed by atoms with Crippen LogP contribution in [0.2, 0.25) is 0 Å². The number of aromatic nitrogens is 1. The maximum atomic E-state index is 12.3. The minimum atomic E-state index is 0.0781. The Hall–Kier alpha value is -2.20. The molecule has 0 amide bonds. The zero-order valence-electron chi connectivity index (χ0n) is 10.5. The fraction of sp³-hybridized carbons (Fsp3) is 0.200. The van der Waals surface area contributed by atoms with E-state index in [-0.39, 0.29) is 5.78 Å². The summed E-state index contributed by atoms with van der Waals surface area (Å²) in [5.41, 5.74) is 10.5. The molecule has 1 aromatic heterocycles. The first-order valence-electron chi connectivity index (χ1n) is 6.28. The molecule has 2 heterocycles. The average molecular weight is 253 g/mol. The zero-order valence-corrected chi connectivity index (χ0v) is 10.5. The standard InChI is InChI=1S/C15H15N3O/c16-14-3-4-17-9-13(14)6-15(19)10-1-2-11-7-18-8-12(11)5-10/h1-5,9,18H,6-8H2,(H2,16,17). The van der Waals surface area contributed by atoms with Crippen molar-refractivity contribution in [2.45, 2.75) is 19.5 Å². The molecule has 3 N–H and O–H groups in total. The van der Waals surface area contributed by atoms with E-state index in [0.29, 0.717) is 12.1 Å². The van der Waals surface area contributed by atoms with Crippen molar-refractivity contribution >= 4 is 11.5 Å². The molecule has 4 heteroatoms. The van der Waals surface area contributed by atoms with Gasteiger partial charge in [0.05, 0.1) is 0 Å². The molecular formula is C15H15N3O. The largest absolute Gasteiger partial charge is 0.398 e. The molecule has 2 aromatic rings.